The second-order valence-corrected chi connectivity index (χ2v) is 9.20. The Morgan fingerprint density at radius 2 is 2.11 bits per heavy atom. The van der Waals surface area contributed by atoms with Crippen LogP contribution in [-0.4, -0.2) is 60.5 Å². The largest absolute Gasteiger partial charge is 0.480 e. The Bertz CT molecular complexity index is 1420. The summed E-state index contributed by atoms with van der Waals surface area (Å²) in [6.07, 6.45) is 2.42. The second-order valence-electron chi connectivity index (χ2n) is 9.20. The number of alkyl halides is 2. The SMILES string of the molecule is COc1nc(N[C@H]2C[C@](C)(NC(C)=O)C2)nc2[nH]cc(-c3cnc4nc(C)n(CC(F)F)c4c3)c12. The number of ether oxygens (including phenoxy) is 1. The number of pyridine rings is 1. The summed E-state index contributed by atoms with van der Waals surface area (Å²) < 4.78 is 33.3. The van der Waals surface area contributed by atoms with Gasteiger partial charge in [0.05, 0.1) is 24.6 Å². The fourth-order valence-electron chi connectivity index (χ4n) is 4.91. The lowest BCUT2D eigenvalue weighted by molar-refractivity contribution is -0.121. The average molecular weight is 485 g/mol. The minimum absolute atomic E-state index is 0.0516. The normalized spacial score (nSPS) is 19.8. The van der Waals surface area contributed by atoms with Crippen molar-refractivity contribution < 1.29 is 18.3 Å². The number of imidazole rings is 1. The number of aromatic amines is 1. The van der Waals surface area contributed by atoms with E-state index in [2.05, 4.69) is 35.6 Å². The first-order valence-electron chi connectivity index (χ1n) is 11.3. The molecule has 4 heterocycles. The van der Waals surface area contributed by atoms with Gasteiger partial charge in [-0.05, 0) is 32.8 Å². The third-order valence-electron chi connectivity index (χ3n) is 6.32. The van der Waals surface area contributed by atoms with Crippen molar-refractivity contribution in [2.24, 2.45) is 0 Å². The van der Waals surface area contributed by atoms with E-state index in [-0.39, 0.29) is 17.5 Å². The van der Waals surface area contributed by atoms with Crippen LogP contribution in [0.25, 0.3) is 33.3 Å². The molecule has 0 spiro atoms. The number of fused-ring (bicyclic) bond motifs is 2. The number of H-pyrrole nitrogens is 1. The summed E-state index contributed by atoms with van der Waals surface area (Å²) in [6.45, 7) is 4.75. The molecule has 3 N–H and O–H groups in total. The molecule has 5 rings (SSSR count). The number of aromatic nitrogens is 6. The molecule has 10 nitrogen and oxygen atoms in total. The van der Waals surface area contributed by atoms with Crippen molar-refractivity contribution in [3.8, 4) is 17.0 Å². The minimum atomic E-state index is -2.51. The van der Waals surface area contributed by atoms with Crippen molar-refractivity contribution in [1.29, 1.82) is 0 Å². The summed E-state index contributed by atoms with van der Waals surface area (Å²) in [4.78, 5) is 32.4. The molecule has 1 aliphatic carbocycles. The Morgan fingerprint density at radius 1 is 1.34 bits per heavy atom. The smallest absolute Gasteiger partial charge is 0.256 e. The van der Waals surface area contributed by atoms with Gasteiger partial charge in [-0.1, -0.05) is 0 Å². The van der Waals surface area contributed by atoms with Gasteiger partial charge in [0.15, 0.2) is 5.65 Å². The highest BCUT2D eigenvalue weighted by Gasteiger charge is 2.41. The molecule has 1 aliphatic rings. The summed E-state index contributed by atoms with van der Waals surface area (Å²) >= 11 is 0. The molecule has 0 radical (unpaired) electrons. The molecular formula is C23H26F2N8O2. The predicted molar refractivity (Wildman–Crippen MR) is 127 cm³/mol. The lowest BCUT2D eigenvalue weighted by Crippen LogP contribution is -2.59. The molecule has 0 unspecified atom stereocenters. The first-order valence-corrected chi connectivity index (χ1v) is 11.3. The predicted octanol–water partition coefficient (Wildman–Crippen LogP) is 3.42. The van der Waals surface area contributed by atoms with Crippen LogP contribution in [0.2, 0.25) is 0 Å². The Labute approximate surface area is 199 Å². The van der Waals surface area contributed by atoms with Crippen LogP contribution in [0.5, 0.6) is 5.88 Å². The molecule has 35 heavy (non-hydrogen) atoms. The Morgan fingerprint density at radius 3 is 2.80 bits per heavy atom. The number of nitrogens with zero attached hydrogens (tertiary/aromatic N) is 5. The van der Waals surface area contributed by atoms with Gasteiger partial charge in [0.2, 0.25) is 17.7 Å². The topological polar surface area (TPSA) is 123 Å². The molecule has 184 valence electrons. The molecule has 4 aromatic rings. The Balaban J connectivity index is 1.47. The lowest BCUT2D eigenvalue weighted by atomic mass is 9.74. The van der Waals surface area contributed by atoms with Gasteiger partial charge in [0.1, 0.15) is 11.5 Å². The van der Waals surface area contributed by atoms with Crippen molar-refractivity contribution in [1.82, 2.24) is 34.8 Å². The van der Waals surface area contributed by atoms with E-state index in [0.717, 1.165) is 18.4 Å². The zero-order valence-electron chi connectivity index (χ0n) is 19.8. The maximum atomic E-state index is 13.1. The quantitative estimate of drug-likeness (QED) is 0.367. The number of anilines is 1. The maximum absolute atomic E-state index is 13.1. The van der Waals surface area contributed by atoms with Crippen LogP contribution in [0.4, 0.5) is 14.7 Å². The molecule has 12 heteroatoms. The summed E-state index contributed by atoms with van der Waals surface area (Å²) in [6, 6.07) is 1.91. The maximum Gasteiger partial charge on any atom is 0.256 e. The van der Waals surface area contributed by atoms with Gasteiger partial charge in [-0.15, -0.1) is 0 Å². The zero-order chi connectivity index (χ0) is 24.9. The molecule has 0 aliphatic heterocycles. The number of halogens is 2. The number of hydrogen-bond donors (Lipinski definition) is 3. The van der Waals surface area contributed by atoms with Crippen LogP contribution in [0.3, 0.4) is 0 Å². The highest BCUT2D eigenvalue weighted by molar-refractivity contribution is 5.98. The van der Waals surface area contributed by atoms with E-state index in [1.54, 1.807) is 25.4 Å². The van der Waals surface area contributed by atoms with Crippen molar-refractivity contribution in [2.75, 3.05) is 12.4 Å². The highest BCUT2D eigenvalue weighted by atomic mass is 19.3. The van der Waals surface area contributed by atoms with E-state index in [1.807, 2.05) is 6.92 Å². The Hall–Kier alpha value is -3.83. The zero-order valence-corrected chi connectivity index (χ0v) is 19.8. The first-order chi connectivity index (χ1) is 16.7. The average Bonchev–Trinajstić information content (AvgIpc) is 3.32. The van der Waals surface area contributed by atoms with Gasteiger partial charge in [0, 0.05) is 42.0 Å². The van der Waals surface area contributed by atoms with E-state index in [0.29, 0.717) is 45.4 Å². The van der Waals surface area contributed by atoms with E-state index >= 15 is 0 Å². The molecule has 0 atom stereocenters. The van der Waals surface area contributed by atoms with Gasteiger partial charge in [-0.3, -0.25) is 4.79 Å². The molecule has 1 amide bonds. The number of carbonyl (C=O) groups excluding carboxylic acids is 1. The fraction of sp³-hybridized carbons (Fsp3) is 0.435. The monoisotopic (exact) mass is 484 g/mol. The van der Waals surface area contributed by atoms with Gasteiger partial charge >= 0.3 is 0 Å². The Kier molecular flexibility index (Phi) is 5.53. The molecule has 1 fully saturated rings. The van der Waals surface area contributed by atoms with Gasteiger partial charge in [-0.25, -0.2) is 18.7 Å². The first kappa shape index (κ1) is 22.9. The molecule has 0 saturated heterocycles. The van der Waals surface area contributed by atoms with Gasteiger partial charge in [-0.2, -0.15) is 9.97 Å². The molecule has 0 aromatic carbocycles. The molecule has 4 aromatic heterocycles. The van der Waals surface area contributed by atoms with Crippen molar-refractivity contribution in [2.45, 2.75) is 58.2 Å². The summed E-state index contributed by atoms with van der Waals surface area (Å²) in [7, 11) is 1.53. The number of amides is 1. The van der Waals surface area contributed by atoms with Crippen LogP contribution in [-0.2, 0) is 11.3 Å². The fourth-order valence-corrected chi connectivity index (χ4v) is 4.91. The number of methoxy groups -OCH3 is 1. The van der Waals surface area contributed by atoms with E-state index in [1.165, 1.54) is 18.6 Å². The van der Waals surface area contributed by atoms with Gasteiger partial charge in [0.25, 0.3) is 6.43 Å². The van der Waals surface area contributed by atoms with Crippen molar-refractivity contribution in [3.63, 3.8) is 0 Å². The standard InChI is InChI=1S/C23H26F2N8O2/c1-11-28-19-16(33(11)10-17(24)25)5-13(8-26-19)15-9-27-20-18(15)21(35-4)31-22(30-20)29-14-6-23(3,7-14)32-12(2)34/h5,8-9,14,17H,6-7,10H2,1-4H3,(H,32,34)(H2,27,29,30,31)/t14-,23-. The third-order valence-corrected chi connectivity index (χ3v) is 6.32. The number of hydrogen-bond acceptors (Lipinski definition) is 7. The summed E-state index contributed by atoms with van der Waals surface area (Å²) in [5.74, 6) is 1.21. The van der Waals surface area contributed by atoms with E-state index < -0.39 is 13.0 Å². The number of rotatable bonds is 7. The third kappa shape index (κ3) is 4.24. The second kappa shape index (κ2) is 8.43. The van der Waals surface area contributed by atoms with Crippen molar-refractivity contribution >= 4 is 34.1 Å². The van der Waals surface area contributed by atoms with E-state index in [4.69, 9.17) is 4.74 Å². The van der Waals surface area contributed by atoms with Crippen LogP contribution in [0.1, 0.15) is 32.5 Å². The van der Waals surface area contributed by atoms with Gasteiger partial charge < -0.3 is 24.9 Å². The van der Waals surface area contributed by atoms with Crippen LogP contribution < -0.4 is 15.4 Å². The number of aryl methyl sites for hydroxylation is 1. The van der Waals surface area contributed by atoms with Crippen molar-refractivity contribution in [3.05, 3.63) is 24.3 Å². The van der Waals surface area contributed by atoms with Crippen LogP contribution >= 0.6 is 0 Å². The lowest BCUT2D eigenvalue weighted by Gasteiger charge is -2.45. The van der Waals surface area contributed by atoms with E-state index in [9.17, 15) is 13.6 Å². The highest BCUT2D eigenvalue weighted by Crippen LogP contribution is 2.37. The van der Waals surface area contributed by atoms with Crippen LogP contribution in [0.15, 0.2) is 18.5 Å². The summed E-state index contributed by atoms with van der Waals surface area (Å²) in [5.41, 5.74) is 2.70. The molecular weight excluding hydrogens is 458 g/mol. The number of nitrogens with one attached hydrogen (secondary N) is 3. The molecule has 0 bridgehead atoms. The summed E-state index contributed by atoms with van der Waals surface area (Å²) in [5, 5.41) is 6.94. The van der Waals surface area contributed by atoms with Crippen LogP contribution in [0, 0.1) is 6.92 Å². The minimum Gasteiger partial charge on any atom is -0.480 e. The molecule has 1 saturated carbocycles. The number of carbonyl (C=O) groups is 1.